The molecule has 18 heavy (non-hydrogen) atoms. The van der Waals surface area contributed by atoms with Crippen LogP contribution in [0, 0.1) is 5.41 Å². The maximum Gasteiger partial charge on any atom is 0.257 e. The number of rotatable bonds is 4. The second-order valence-electron chi connectivity index (χ2n) is 3.34. The van der Waals surface area contributed by atoms with Crippen LogP contribution >= 0.6 is 11.6 Å². The van der Waals surface area contributed by atoms with E-state index in [0.717, 1.165) is 0 Å². The smallest absolute Gasteiger partial charge is 0.257 e. The van der Waals surface area contributed by atoms with Crippen LogP contribution in [-0.2, 0) is 4.79 Å². The lowest BCUT2D eigenvalue weighted by molar-refractivity contribution is -0.117. The van der Waals surface area contributed by atoms with Gasteiger partial charge in [-0.05, 0) is 18.2 Å². The predicted octanol–water partition coefficient (Wildman–Crippen LogP) is 0.185. The lowest BCUT2D eigenvalue weighted by Gasteiger charge is -2.08. The summed E-state index contributed by atoms with van der Waals surface area (Å²) in [6.07, 6.45) is 0. The van der Waals surface area contributed by atoms with E-state index in [1.807, 2.05) is 0 Å². The zero-order valence-corrected chi connectivity index (χ0v) is 9.97. The van der Waals surface area contributed by atoms with E-state index in [1.165, 1.54) is 18.2 Å². The highest BCUT2D eigenvalue weighted by Crippen LogP contribution is 2.22. The Kier molecular flexibility index (Phi) is 4.50. The van der Waals surface area contributed by atoms with Crippen LogP contribution in [0.2, 0.25) is 5.02 Å². The van der Waals surface area contributed by atoms with Crippen molar-refractivity contribution in [1.29, 1.82) is 5.41 Å². The van der Waals surface area contributed by atoms with Crippen molar-refractivity contribution in [1.82, 2.24) is 11.1 Å². The molecule has 1 aromatic carbocycles. The molecule has 95 valence electrons. The van der Waals surface area contributed by atoms with Crippen molar-refractivity contribution in [2.24, 2.45) is 5.73 Å². The first-order valence-electron chi connectivity index (χ1n) is 4.83. The van der Waals surface area contributed by atoms with Crippen LogP contribution in [0.15, 0.2) is 18.2 Å². The van der Waals surface area contributed by atoms with Crippen molar-refractivity contribution in [2.75, 3.05) is 11.9 Å². The summed E-state index contributed by atoms with van der Waals surface area (Å²) in [7, 11) is 0. The van der Waals surface area contributed by atoms with Crippen molar-refractivity contribution in [3.63, 3.8) is 0 Å². The van der Waals surface area contributed by atoms with E-state index in [4.69, 9.17) is 28.5 Å². The third-order valence-corrected chi connectivity index (χ3v) is 2.24. The van der Waals surface area contributed by atoms with E-state index in [2.05, 4.69) is 10.6 Å². The lowest BCUT2D eigenvalue weighted by atomic mass is 10.2. The van der Waals surface area contributed by atoms with Crippen molar-refractivity contribution in [3.8, 4) is 0 Å². The molecular formula is C10H11ClN5O2. The fourth-order valence-electron chi connectivity index (χ4n) is 1.17. The maximum absolute atomic E-state index is 11.6. The molecule has 0 spiro atoms. The van der Waals surface area contributed by atoms with E-state index in [0.29, 0.717) is 10.7 Å². The van der Waals surface area contributed by atoms with Gasteiger partial charge in [0.2, 0.25) is 0 Å². The number of halogens is 1. The molecular weight excluding hydrogens is 258 g/mol. The number of guanidine groups is 1. The highest BCUT2D eigenvalue weighted by atomic mass is 35.5. The number of hydrogen-bond acceptors (Lipinski definition) is 3. The fraction of sp³-hybridized carbons (Fsp3) is 0.100. The van der Waals surface area contributed by atoms with Gasteiger partial charge in [-0.1, -0.05) is 11.6 Å². The highest BCUT2D eigenvalue weighted by molar-refractivity contribution is 6.33. The van der Waals surface area contributed by atoms with E-state index >= 15 is 0 Å². The Bertz CT molecular complexity index is 503. The molecule has 0 aliphatic carbocycles. The van der Waals surface area contributed by atoms with Gasteiger partial charge in [0.25, 0.3) is 11.8 Å². The third-order valence-electron chi connectivity index (χ3n) is 1.91. The molecule has 8 heteroatoms. The van der Waals surface area contributed by atoms with Gasteiger partial charge in [-0.15, -0.1) is 0 Å². The number of hydrogen-bond donors (Lipinski definition) is 4. The van der Waals surface area contributed by atoms with Gasteiger partial charge >= 0.3 is 0 Å². The molecule has 1 rings (SSSR count). The number of carbonyl (C=O) groups excluding carboxylic acids is 2. The van der Waals surface area contributed by atoms with Crippen LogP contribution in [-0.4, -0.2) is 24.3 Å². The zero-order valence-electron chi connectivity index (χ0n) is 9.21. The standard InChI is InChI=1S/C10H11ClN5O2/c11-6-2-1-5(3-7(6)16-10(13)14)9(18)15-4-8(12)17/h1-3,12H,4H2,(H,15,18)(H4,13,14,16). The minimum Gasteiger partial charge on any atom is -0.370 e. The van der Waals surface area contributed by atoms with Gasteiger partial charge in [0, 0.05) is 5.56 Å². The Morgan fingerprint density at radius 3 is 2.61 bits per heavy atom. The van der Waals surface area contributed by atoms with E-state index in [9.17, 15) is 9.59 Å². The average molecular weight is 269 g/mol. The molecule has 0 unspecified atom stereocenters. The van der Waals surface area contributed by atoms with E-state index in [-0.39, 0.29) is 18.1 Å². The summed E-state index contributed by atoms with van der Waals surface area (Å²) in [5, 5.41) is 12.1. The summed E-state index contributed by atoms with van der Waals surface area (Å²) >= 11 is 5.84. The molecule has 0 saturated carbocycles. The van der Waals surface area contributed by atoms with Gasteiger partial charge in [-0.3, -0.25) is 20.7 Å². The van der Waals surface area contributed by atoms with Gasteiger partial charge in [-0.25, -0.2) is 0 Å². The van der Waals surface area contributed by atoms with Crippen molar-refractivity contribution in [3.05, 3.63) is 28.8 Å². The molecule has 7 nitrogen and oxygen atoms in total. The number of anilines is 1. The Morgan fingerprint density at radius 2 is 2.06 bits per heavy atom. The number of nitrogens with one attached hydrogen (secondary N) is 4. The topological polar surface area (TPSA) is 132 Å². The van der Waals surface area contributed by atoms with E-state index in [1.54, 1.807) is 0 Å². The zero-order chi connectivity index (χ0) is 13.7. The van der Waals surface area contributed by atoms with Crippen LogP contribution in [0.5, 0.6) is 0 Å². The second kappa shape index (κ2) is 5.87. The number of carbonyl (C=O) groups is 2. The summed E-state index contributed by atoms with van der Waals surface area (Å²) in [5.41, 5.74) is 12.4. The molecule has 0 aromatic heterocycles. The molecule has 1 aromatic rings. The van der Waals surface area contributed by atoms with Gasteiger partial charge in [-0.2, -0.15) is 0 Å². The van der Waals surface area contributed by atoms with Gasteiger partial charge in [0.15, 0.2) is 5.96 Å². The van der Waals surface area contributed by atoms with Gasteiger partial charge in [0.1, 0.15) is 0 Å². The molecule has 0 atom stereocenters. The van der Waals surface area contributed by atoms with Crippen LogP contribution in [0.25, 0.3) is 0 Å². The first kappa shape index (κ1) is 13.8. The van der Waals surface area contributed by atoms with Crippen molar-refractivity contribution >= 4 is 35.1 Å². The van der Waals surface area contributed by atoms with Crippen LogP contribution in [0.4, 0.5) is 5.69 Å². The summed E-state index contributed by atoms with van der Waals surface area (Å²) in [4.78, 5) is 22.0. The molecule has 0 fully saturated rings. The quantitative estimate of drug-likeness (QED) is 0.458. The molecule has 0 heterocycles. The van der Waals surface area contributed by atoms with Crippen LogP contribution in [0.3, 0.4) is 0 Å². The number of amides is 2. The highest BCUT2D eigenvalue weighted by Gasteiger charge is 2.10. The Morgan fingerprint density at radius 1 is 1.39 bits per heavy atom. The van der Waals surface area contributed by atoms with Gasteiger partial charge in [0.05, 0.1) is 17.3 Å². The predicted molar refractivity (Wildman–Crippen MR) is 67.4 cm³/mol. The largest absolute Gasteiger partial charge is 0.370 e. The molecule has 0 aliphatic heterocycles. The minimum absolute atomic E-state index is 0.240. The van der Waals surface area contributed by atoms with Crippen LogP contribution in [0.1, 0.15) is 10.4 Å². The lowest BCUT2D eigenvalue weighted by Crippen LogP contribution is -2.30. The SMILES string of the molecule is [NH]C(=O)CNC(=O)c1ccc(Cl)c(NC(=N)N)c1. The maximum atomic E-state index is 11.6. The van der Waals surface area contributed by atoms with E-state index < -0.39 is 11.8 Å². The van der Waals surface area contributed by atoms with Crippen molar-refractivity contribution in [2.45, 2.75) is 0 Å². The summed E-state index contributed by atoms with van der Waals surface area (Å²) in [6.45, 7) is -0.364. The first-order valence-corrected chi connectivity index (χ1v) is 5.21. The number of nitrogens with two attached hydrogens (primary N) is 1. The fourth-order valence-corrected chi connectivity index (χ4v) is 1.33. The number of benzene rings is 1. The Hall–Kier alpha value is -2.28. The van der Waals surface area contributed by atoms with Crippen molar-refractivity contribution < 1.29 is 9.59 Å². The molecule has 1 radical (unpaired) electrons. The molecule has 6 N–H and O–H groups in total. The molecule has 0 bridgehead atoms. The molecule has 0 aliphatic rings. The normalized spacial score (nSPS) is 9.61. The average Bonchev–Trinajstić information content (AvgIpc) is 2.28. The summed E-state index contributed by atoms with van der Waals surface area (Å²) in [5.74, 6) is -1.71. The third kappa shape index (κ3) is 3.95. The molecule has 0 saturated heterocycles. The monoisotopic (exact) mass is 268 g/mol. The Labute approximate surface area is 108 Å². The second-order valence-corrected chi connectivity index (χ2v) is 3.75. The van der Waals surface area contributed by atoms with Crippen LogP contribution < -0.4 is 22.1 Å². The first-order chi connectivity index (χ1) is 8.40. The Balaban J connectivity index is 2.86. The molecule has 2 amide bonds. The minimum atomic E-state index is -0.889. The summed E-state index contributed by atoms with van der Waals surface area (Å²) in [6, 6.07) is 4.31. The van der Waals surface area contributed by atoms with Gasteiger partial charge < -0.3 is 16.4 Å². The summed E-state index contributed by atoms with van der Waals surface area (Å²) < 4.78 is 0.